The van der Waals surface area contributed by atoms with Gasteiger partial charge in [0.25, 0.3) is 11.7 Å². The zero-order valence-electron chi connectivity index (χ0n) is 12.8. The van der Waals surface area contributed by atoms with Crippen LogP contribution in [0.5, 0.6) is 0 Å². The van der Waals surface area contributed by atoms with Crippen molar-refractivity contribution in [1.29, 1.82) is 0 Å². The number of carbonyl (C=O) groups is 2. The van der Waals surface area contributed by atoms with Gasteiger partial charge in [0.15, 0.2) is 5.92 Å². The van der Waals surface area contributed by atoms with Gasteiger partial charge in [-0.3, -0.25) is 26.6 Å². The highest BCUT2D eigenvalue weighted by Gasteiger charge is 2.36. The van der Waals surface area contributed by atoms with E-state index in [1.54, 1.807) is 0 Å². The minimum atomic E-state index is -4.51. The molecule has 1 aromatic heterocycles. The van der Waals surface area contributed by atoms with Crippen LogP contribution in [0.25, 0.3) is 0 Å². The number of hydrogen-bond acceptors (Lipinski definition) is 3. The molecule has 12 heteroatoms. The van der Waals surface area contributed by atoms with E-state index in [-0.39, 0.29) is 36.3 Å². The molecule has 0 radical (unpaired) electrons. The Balaban J connectivity index is 1.95. The number of alkyl halides is 3. The summed E-state index contributed by atoms with van der Waals surface area (Å²) in [6.45, 7) is 0.327. The lowest BCUT2D eigenvalue weighted by Crippen LogP contribution is -2.63. The van der Waals surface area contributed by atoms with Crippen LogP contribution in [0.2, 0.25) is 5.02 Å². The van der Waals surface area contributed by atoms with E-state index in [0.717, 1.165) is 12.3 Å². The SMILES string of the molecule is NC(=[NH2+])[C@H]1CN(CCNc2[nH+]cc(C(F)(F)F)cc2Cl)C(=O)NC1=O. The number of nitrogens with two attached hydrogens (primary N) is 2. The summed E-state index contributed by atoms with van der Waals surface area (Å²) in [6.07, 6.45) is -3.73. The predicted molar refractivity (Wildman–Crippen MR) is 81.2 cm³/mol. The standard InChI is InChI=1S/C13H14ClF3N6O2/c14-8-3-6(13(15,16)17)4-21-10(8)20-1-2-23-5-7(9(18)19)11(24)22-12(23)25/h3-4,7H,1-2,5H2,(H3,18,19)(H,20,21)(H,22,24,25)/p+2/t7-/m1/s1. The van der Waals surface area contributed by atoms with Crippen LogP contribution in [0.3, 0.4) is 0 Å². The van der Waals surface area contributed by atoms with E-state index >= 15 is 0 Å². The van der Waals surface area contributed by atoms with Crippen molar-refractivity contribution in [1.82, 2.24) is 10.2 Å². The Kier molecular flexibility index (Phi) is 5.36. The van der Waals surface area contributed by atoms with Crippen LogP contribution >= 0.6 is 11.6 Å². The molecule has 1 atom stereocenters. The van der Waals surface area contributed by atoms with Gasteiger partial charge in [-0.2, -0.15) is 13.2 Å². The zero-order valence-corrected chi connectivity index (χ0v) is 13.5. The molecule has 7 N–H and O–H groups in total. The van der Waals surface area contributed by atoms with Gasteiger partial charge in [-0.25, -0.2) is 9.78 Å². The maximum absolute atomic E-state index is 12.6. The molecule has 25 heavy (non-hydrogen) atoms. The highest BCUT2D eigenvalue weighted by Crippen LogP contribution is 2.31. The Labute approximate surface area is 145 Å². The van der Waals surface area contributed by atoms with Gasteiger partial charge >= 0.3 is 12.2 Å². The molecule has 0 spiro atoms. The van der Waals surface area contributed by atoms with Crippen molar-refractivity contribution in [3.05, 3.63) is 22.8 Å². The molecule has 0 aliphatic carbocycles. The van der Waals surface area contributed by atoms with Crippen molar-refractivity contribution in [2.24, 2.45) is 11.7 Å². The summed E-state index contributed by atoms with van der Waals surface area (Å²) in [7, 11) is 0. The quantitative estimate of drug-likeness (QED) is 0.380. The Bertz CT molecular complexity index is 711. The maximum atomic E-state index is 12.6. The van der Waals surface area contributed by atoms with Crippen LogP contribution < -0.4 is 26.8 Å². The number of amidine groups is 1. The molecule has 0 aromatic carbocycles. The number of amides is 3. The van der Waals surface area contributed by atoms with Gasteiger partial charge in [0.2, 0.25) is 5.91 Å². The summed E-state index contributed by atoms with van der Waals surface area (Å²) >= 11 is 5.80. The van der Waals surface area contributed by atoms with Gasteiger partial charge in [0, 0.05) is 6.54 Å². The summed E-state index contributed by atoms with van der Waals surface area (Å²) in [5.41, 5.74) is 4.51. The molecular weight excluding hydrogens is 365 g/mol. The van der Waals surface area contributed by atoms with Gasteiger partial charge in [0.1, 0.15) is 17.8 Å². The number of anilines is 1. The second kappa shape index (κ2) is 7.13. The molecule has 136 valence electrons. The van der Waals surface area contributed by atoms with Crippen LogP contribution in [0, 0.1) is 5.92 Å². The topological polar surface area (TPSA) is 127 Å². The number of hydrogen-bond donors (Lipinski definition) is 4. The number of nitrogens with one attached hydrogen (secondary N) is 3. The van der Waals surface area contributed by atoms with Crippen molar-refractivity contribution < 1.29 is 33.2 Å². The van der Waals surface area contributed by atoms with E-state index in [2.05, 4.69) is 15.6 Å². The number of rotatable bonds is 5. The van der Waals surface area contributed by atoms with Gasteiger partial charge in [-0.1, -0.05) is 11.6 Å². The fourth-order valence-corrected chi connectivity index (χ4v) is 2.43. The second-order valence-corrected chi connectivity index (χ2v) is 5.74. The smallest absolute Gasteiger partial charge is 0.319 e. The Morgan fingerprint density at radius 3 is 2.76 bits per heavy atom. The number of H-pyrrole nitrogens is 1. The summed E-state index contributed by atoms with van der Waals surface area (Å²) in [6, 6.07) is 0.180. The van der Waals surface area contributed by atoms with Gasteiger partial charge in [-0.15, -0.1) is 0 Å². The first-order chi connectivity index (χ1) is 11.6. The van der Waals surface area contributed by atoms with Crippen molar-refractivity contribution in [3.63, 3.8) is 0 Å². The summed E-state index contributed by atoms with van der Waals surface area (Å²) in [4.78, 5) is 27.0. The van der Waals surface area contributed by atoms with E-state index in [4.69, 9.17) is 22.7 Å². The molecule has 0 saturated carbocycles. The van der Waals surface area contributed by atoms with Crippen molar-refractivity contribution in [3.8, 4) is 0 Å². The Morgan fingerprint density at radius 1 is 1.52 bits per heavy atom. The number of urea groups is 1. The summed E-state index contributed by atoms with van der Waals surface area (Å²) in [5, 5.41) is 10.2. The highest BCUT2D eigenvalue weighted by molar-refractivity contribution is 6.32. The first kappa shape index (κ1) is 18.8. The average Bonchev–Trinajstić information content (AvgIpc) is 2.49. The predicted octanol–water partition coefficient (Wildman–Crippen LogP) is -1.13. The number of imide groups is 1. The normalized spacial score (nSPS) is 18.1. The minimum Gasteiger partial charge on any atom is -0.319 e. The maximum Gasteiger partial charge on any atom is 0.419 e. The van der Waals surface area contributed by atoms with Crippen molar-refractivity contribution >= 4 is 35.2 Å². The average molecular weight is 381 g/mol. The number of aromatic nitrogens is 1. The van der Waals surface area contributed by atoms with E-state index in [1.807, 2.05) is 0 Å². The van der Waals surface area contributed by atoms with Crippen LogP contribution in [-0.4, -0.2) is 42.3 Å². The lowest BCUT2D eigenvalue weighted by Gasteiger charge is -2.29. The van der Waals surface area contributed by atoms with Crippen LogP contribution in [-0.2, 0) is 11.0 Å². The molecule has 1 aliphatic heterocycles. The molecule has 3 amide bonds. The van der Waals surface area contributed by atoms with Crippen LogP contribution in [0.1, 0.15) is 5.56 Å². The van der Waals surface area contributed by atoms with E-state index in [9.17, 15) is 22.8 Å². The number of nitrogens with zero attached hydrogens (tertiary/aromatic N) is 1. The van der Waals surface area contributed by atoms with Crippen molar-refractivity contribution in [2.45, 2.75) is 6.18 Å². The molecule has 2 heterocycles. The third-order valence-corrected chi connectivity index (χ3v) is 3.84. The molecule has 8 nitrogen and oxygen atoms in total. The molecule has 1 fully saturated rings. The zero-order chi connectivity index (χ0) is 18.8. The van der Waals surface area contributed by atoms with Gasteiger partial charge < -0.3 is 4.90 Å². The van der Waals surface area contributed by atoms with E-state index < -0.39 is 29.6 Å². The third-order valence-electron chi connectivity index (χ3n) is 3.54. The van der Waals surface area contributed by atoms with E-state index in [1.165, 1.54) is 4.90 Å². The van der Waals surface area contributed by atoms with Crippen LogP contribution in [0.4, 0.5) is 23.8 Å². The Morgan fingerprint density at radius 2 is 2.20 bits per heavy atom. The molecule has 0 bridgehead atoms. The number of carbonyl (C=O) groups excluding carboxylic acids is 2. The highest BCUT2D eigenvalue weighted by atomic mass is 35.5. The molecule has 1 saturated heterocycles. The lowest BCUT2D eigenvalue weighted by molar-refractivity contribution is -0.364. The Hall–Kier alpha value is -2.56. The number of pyridine rings is 1. The number of halogens is 4. The monoisotopic (exact) mass is 380 g/mol. The fourth-order valence-electron chi connectivity index (χ4n) is 2.19. The largest absolute Gasteiger partial charge is 0.419 e. The first-order valence-electron chi connectivity index (χ1n) is 7.09. The second-order valence-electron chi connectivity index (χ2n) is 5.33. The molecular formula is C13H16ClF3N6O2+2. The van der Waals surface area contributed by atoms with Crippen molar-refractivity contribution in [2.75, 3.05) is 25.0 Å². The molecule has 0 unspecified atom stereocenters. The molecule has 1 aromatic rings. The third kappa shape index (κ3) is 4.50. The lowest BCUT2D eigenvalue weighted by atomic mass is 10.1. The molecule has 1 aliphatic rings. The minimum absolute atomic E-state index is 0.0130. The van der Waals surface area contributed by atoms with E-state index in [0.29, 0.717) is 0 Å². The number of aromatic amines is 1. The summed E-state index contributed by atoms with van der Waals surface area (Å²) < 4.78 is 37.7. The first-order valence-corrected chi connectivity index (χ1v) is 7.47. The van der Waals surface area contributed by atoms with Gasteiger partial charge in [0.05, 0.1) is 12.1 Å². The summed E-state index contributed by atoms with van der Waals surface area (Å²) in [5.74, 6) is -1.33. The molecule has 2 rings (SSSR count). The van der Waals surface area contributed by atoms with Crippen LogP contribution in [0.15, 0.2) is 12.3 Å². The van der Waals surface area contributed by atoms with Gasteiger partial charge in [-0.05, 0) is 6.07 Å². The fraction of sp³-hybridized carbons (Fsp3) is 0.385.